The Labute approximate surface area is 113 Å². The molecule has 18 heavy (non-hydrogen) atoms. The van der Waals surface area contributed by atoms with E-state index in [1.807, 2.05) is 13.0 Å². The van der Waals surface area contributed by atoms with Crippen molar-refractivity contribution < 1.29 is 13.2 Å². The second kappa shape index (κ2) is 4.92. The molecule has 0 bridgehead atoms. The minimum absolute atomic E-state index is 0.0351. The van der Waals surface area contributed by atoms with Gasteiger partial charge in [-0.15, -0.1) is 11.3 Å². The highest BCUT2D eigenvalue weighted by Gasteiger charge is 2.37. The molecule has 0 atom stereocenters. The molecule has 0 N–H and O–H groups in total. The summed E-state index contributed by atoms with van der Waals surface area (Å²) >= 11 is 1.36. The maximum absolute atomic E-state index is 12.4. The molecule has 1 aliphatic heterocycles. The number of hydrogen-bond acceptors (Lipinski definition) is 4. The van der Waals surface area contributed by atoms with E-state index in [1.165, 1.54) is 15.6 Å². The van der Waals surface area contributed by atoms with Crippen LogP contribution < -0.4 is 0 Å². The van der Waals surface area contributed by atoms with E-state index in [0.717, 1.165) is 11.3 Å². The summed E-state index contributed by atoms with van der Waals surface area (Å²) < 4.78 is 31.8. The van der Waals surface area contributed by atoms with E-state index in [4.69, 9.17) is 4.74 Å². The smallest absolute Gasteiger partial charge is 0.252 e. The van der Waals surface area contributed by atoms with Gasteiger partial charge >= 0.3 is 0 Å². The normalized spacial score (nSPS) is 18.9. The molecule has 2 rings (SSSR count). The number of hydrogen-bond donors (Lipinski definition) is 0. The van der Waals surface area contributed by atoms with Crippen LogP contribution in [0.4, 0.5) is 0 Å². The molecule has 1 aliphatic rings. The number of sulfonamides is 1. The van der Waals surface area contributed by atoms with Crippen molar-refractivity contribution in [3.8, 4) is 0 Å². The van der Waals surface area contributed by atoms with Crippen LogP contribution in [0.25, 0.3) is 0 Å². The summed E-state index contributed by atoms with van der Waals surface area (Å²) in [6, 6.07) is 3.59. The molecule has 6 heteroatoms. The summed E-state index contributed by atoms with van der Waals surface area (Å²) in [6.45, 7) is 5.86. The third kappa shape index (κ3) is 2.61. The highest BCUT2D eigenvalue weighted by atomic mass is 32.2. The summed E-state index contributed by atoms with van der Waals surface area (Å²) in [4.78, 5) is 1.10. The molecular formula is C12H19NO3S2. The molecule has 1 aromatic rings. The van der Waals surface area contributed by atoms with E-state index in [2.05, 4.69) is 6.92 Å². The van der Waals surface area contributed by atoms with Crippen molar-refractivity contribution in [2.75, 3.05) is 26.8 Å². The zero-order valence-electron chi connectivity index (χ0n) is 11.0. The second-order valence-electron chi connectivity index (χ2n) is 5.14. The lowest BCUT2D eigenvalue weighted by Gasteiger charge is -2.40. The van der Waals surface area contributed by atoms with Crippen molar-refractivity contribution in [2.45, 2.75) is 24.5 Å². The molecule has 0 spiro atoms. The average molecular weight is 289 g/mol. The van der Waals surface area contributed by atoms with Gasteiger partial charge in [0.2, 0.25) is 0 Å². The van der Waals surface area contributed by atoms with Crippen LogP contribution in [0.2, 0.25) is 0 Å². The molecule has 0 unspecified atom stereocenters. The van der Waals surface area contributed by atoms with Crippen LogP contribution in [-0.2, 0) is 21.2 Å². The standard InChI is InChI=1S/C12H19NO3S2/c1-4-10-5-6-11(17-10)18(14,15)13(3)7-12(2)8-16-9-12/h5-6H,4,7-9H2,1-3H3. The van der Waals surface area contributed by atoms with E-state index < -0.39 is 10.0 Å². The highest BCUT2D eigenvalue weighted by Crippen LogP contribution is 2.31. The van der Waals surface area contributed by atoms with E-state index >= 15 is 0 Å². The van der Waals surface area contributed by atoms with Crippen molar-refractivity contribution in [3.05, 3.63) is 17.0 Å². The Balaban J connectivity index is 2.14. The summed E-state index contributed by atoms with van der Waals surface area (Å²) in [5.74, 6) is 0. The van der Waals surface area contributed by atoms with Crippen molar-refractivity contribution >= 4 is 21.4 Å². The third-order valence-electron chi connectivity index (χ3n) is 3.16. The summed E-state index contributed by atoms with van der Waals surface area (Å²) in [5.41, 5.74) is -0.0351. The molecular weight excluding hydrogens is 270 g/mol. The number of nitrogens with zero attached hydrogens (tertiary/aromatic N) is 1. The average Bonchev–Trinajstić information content (AvgIpc) is 2.75. The molecule has 0 aliphatic carbocycles. The fourth-order valence-corrected chi connectivity index (χ4v) is 4.83. The SMILES string of the molecule is CCc1ccc(S(=O)(=O)N(C)CC2(C)COC2)s1. The monoisotopic (exact) mass is 289 g/mol. The zero-order chi connectivity index (χ0) is 13.4. The Morgan fingerprint density at radius 2 is 2.11 bits per heavy atom. The van der Waals surface area contributed by atoms with Crippen LogP contribution in [-0.4, -0.2) is 39.5 Å². The van der Waals surface area contributed by atoms with Gasteiger partial charge in [0.05, 0.1) is 13.2 Å². The van der Waals surface area contributed by atoms with E-state index in [-0.39, 0.29) is 5.41 Å². The first-order valence-electron chi connectivity index (χ1n) is 6.00. The van der Waals surface area contributed by atoms with Gasteiger partial charge in [-0.3, -0.25) is 0 Å². The molecule has 0 radical (unpaired) electrons. The van der Waals surface area contributed by atoms with Gasteiger partial charge in [0, 0.05) is 23.9 Å². The fourth-order valence-electron chi connectivity index (χ4n) is 2.00. The van der Waals surface area contributed by atoms with Crippen LogP contribution in [0.1, 0.15) is 18.7 Å². The first kappa shape index (κ1) is 14.0. The molecule has 102 valence electrons. The Morgan fingerprint density at radius 3 is 2.56 bits per heavy atom. The number of rotatable bonds is 5. The molecule has 1 saturated heterocycles. The molecule has 1 fully saturated rings. The zero-order valence-corrected chi connectivity index (χ0v) is 12.6. The summed E-state index contributed by atoms with van der Waals surface area (Å²) in [5, 5.41) is 0. The Bertz CT molecular complexity index is 517. The topological polar surface area (TPSA) is 46.6 Å². The van der Waals surface area contributed by atoms with Crippen LogP contribution in [0, 0.1) is 5.41 Å². The van der Waals surface area contributed by atoms with Gasteiger partial charge < -0.3 is 4.74 Å². The van der Waals surface area contributed by atoms with Crippen LogP contribution in [0.15, 0.2) is 16.3 Å². The Hall–Kier alpha value is -0.430. The molecule has 4 nitrogen and oxygen atoms in total. The predicted octanol–water partition coefficient (Wildman–Crippen LogP) is 1.97. The lowest BCUT2D eigenvalue weighted by molar-refractivity contribution is -0.106. The van der Waals surface area contributed by atoms with Crippen molar-refractivity contribution in [2.24, 2.45) is 5.41 Å². The first-order valence-corrected chi connectivity index (χ1v) is 8.26. The van der Waals surface area contributed by atoms with Gasteiger partial charge in [-0.25, -0.2) is 8.42 Å². The summed E-state index contributed by atoms with van der Waals surface area (Å²) in [7, 11) is -1.70. The van der Waals surface area contributed by atoms with Crippen LogP contribution in [0.3, 0.4) is 0 Å². The van der Waals surface area contributed by atoms with E-state index in [1.54, 1.807) is 13.1 Å². The Kier molecular flexibility index (Phi) is 3.82. The highest BCUT2D eigenvalue weighted by molar-refractivity contribution is 7.91. The van der Waals surface area contributed by atoms with Crippen molar-refractivity contribution in [1.29, 1.82) is 0 Å². The third-order valence-corrected chi connectivity index (χ3v) is 6.66. The van der Waals surface area contributed by atoms with Gasteiger partial charge in [0.25, 0.3) is 10.0 Å². The van der Waals surface area contributed by atoms with Gasteiger partial charge in [0.1, 0.15) is 4.21 Å². The van der Waals surface area contributed by atoms with Crippen LogP contribution >= 0.6 is 11.3 Å². The molecule has 1 aromatic heterocycles. The van der Waals surface area contributed by atoms with Gasteiger partial charge in [-0.1, -0.05) is 13.8 Å². The molecule has 2 heterocycles. The number of thiophene rings is 1. The van der Waals surface area contributed by atoms with E-state index in [9.17, 15) is 8.42 Å². The largest absolute Gasteiger partial charge is 0.380 e. The lowest BCUT2D eigenvalue weighted by Crippen LogP contribution is -2.49. The van der Waals surface area contributed by atoms with E-state index in [0.29, 0.717) is 24.0 Å². The molecule has 0 amide bonds. The minimum Gasteiger partial charge on any atom is -0.380 e. The first-order chi connectivity index (χ1) is 8.37. The van der Waals surface area contributed by atoms with Gasteiger partial charge in [0.15, 0.2) is 0 Å². The summed E-state index contributed by atoms with van der Waals surface area (Å²) in [6.07, 6.45) is 0.870. The lowest BCUT2D eigenvalue weighted by atomic mass is 9.89. The second-order valence-corrected chi connectivity index (χ2v) is 8.58. The number of ether oxygens (including phenoxy) is 1. The minimum atomic E-state index is -3.34. The van der Waals surface area contributed by atoms with Crippen molar-refractivity contribution in [1.82, 2.24) is 4.31 Å². The molecule has 0 aromatic carbocycles. The van der Waals surface area contributed by atoms with Crippen molar-refractivity contribution in [3.63, 3.8) is 0 Å². The number of aryl methyl sites for hydroxylation is 1. The fraction of sp³-hybridized carbons (Fsp3) is 0.667. The molecule has 0 saturated carbocycles. The van der Waals surface area contributed by atoms with Gasteiger partial charge in [-0.2, -0.15) is 4.31 Å². The van der Waals surface area contributed by atoms with Crippen LogP contribution in [0.5, 0.6) is 0 Å². The predicted molar refractivity (Wildman–Crippen MR) is 72.4 cm³/mol. The maximum Gasteiger partial charge on any atom is 0.252 e. The van der Waals surface area contributed by atoms with Gasteiger partial charge in [-0.05, 0) is 18.6 Å². The quantitative estimate of drug-likeness (QED) is 0.832. The Morgan fingerprint density at radius 1 is 1.44 bits per heavy atom. The maximum atomic E-state index is 12.4.